The summed E-state index contributed by atoms with van der Waals surface area (Å²) in [6.07, 6.45) is 0.612. The minimum atomic E-state index is -0.459. The van der Waals surface area contributed by atoms with Crippen LogP contribution in [0, 0.1) is 12.7 Å². The summed E-state index contributed by atoms with van der Waals surface area (Å²) < 4.78 is 17.6. The number of hydrogen-bond donors (Lipinski definition) is 0. The third-order valence-electron chi connectivity index (χ3n) is 1.71. The molecule has 1 rings (SSSR count). The van der Waals surface area contributed by atoms with Crippen molar-refractivity contribution in [2.45, 2.75) is 6.92 Å². The lowest BCUT2D eigenvalue weighted by Crippen LogP contribution is -1.94. The van der Waals surface area contributed by atoms with Gasteiger partial charge in [0.1, 0.15) is 11.6 Å². The van der Waals surface area contributed by atoms with Crippen molar-refractivity contribution in [3.05, 3.63) is 29.1 Å². The second-order valence-corrected chi connectivity index (χ2v) is 2.44. The van der Waals surface area contributed by atoms with E-state index < -0.39 is 5.82 Å². The van der Waals surface area contributed by atoms with Crippen LogP contribution in [-0.4, -0.2) is 13.4 Å². The van der Waals surface area contributed by atoms with E-state index in [4.69, 9.17) is 4.74 Å². The average molecular weight is 168 g/mol. The van der Waals surface area contributed by atoms with Crippen molar-refractivity contribution in [1.29, 1.82) is 0 Å². The summed E-state index contributed by atoms with van der Waals surface area (Å²) >= 11 is 0. The summed E-state index contributed by atoms with van der Waals surface area (Å²) in [7, 11) is 1.44. The predicted molar refractivity (Wildman–Crippen MR) is 43.1 cm³/mol. The third-order valence-corrected chi connectivity index (χ3v) is 1.71. The normalized spacial score (nSPS) is 9.58. The van der Waals surface area contributed by atoms with E-state index in [1.165, 1.54) is 19.2 Å². The van der Waals surface area contributed by atoms with Gasteiger partial charge in [-0.05, 0) is 13.0 Å². The Hall–Kier alpha value is -1.38. The summed E-state index contributed by atoms with van der Waals surface area (Å²) in [6.45, 7) is 1.71. The van der Waals surface area contributed by atoms with Crippen LogP contribution in [0.15, 0.2) is 12.1 Å². The topological polar surface area (TPSA) is 26.3 Å². The molecule has 3 heteroatoms. The van der Waals surface area contributed by atoms with Gasteiger partial charge in [0.25, 0.3) is 0 Å². The van der Waals surface area contributed by atoms with E-state index in [0.717, 1.165) is 0 Å². The second kappa shape index (κ2) is 3.34. The standard InChI is InChI=1S/C9H9FO2/c1-6-7(5-11)3-8(10)4-9(6)12-2/h3-5H,1-2H3. The Morgan fingerprint density at radius 3 is 2.67 bits per heavy atom. The van der Waals surface area contributed by atoms with Crippen molar-refractivity contribution in [3.8, 4) is 5.75 Å². The number of hydrogen-bond acceptors (Lipinski definition) is 2. The van der Waals surface area contributed by atoms with Gasteiger partial charge in [0.2, 0.25) is 0 Å². The molecule has 0 atom stereocenters. The van der Waals surface area contributed by atoms with Gasteiger partial charge in [-0.3, -0.25) is 4.79 Å². The molecule has 0 aliphatic rings. The zero-order valence-electron chi connectivity index (χ0n) is 6.93. The highest BCUT2D eigenvalue weighted by molar-refractivity contribution is 5.78. The lowest BCUT2D eigenvalue weighted by Gasteiger charge is -2.05. The van der Waals surface area contributed by atoms with E-state index in [1.54, 1.807) is 6.92 Å². The highest BCUT2D eigenvalue weighted by Crippen LogP contribution is 2.21. The van der Waals surface area contributed by atoms with Gasteiger partial charge in [0, 0.05) is 17.2 Å². The molecule has 0 spiro atoms. The first-order valence-electron chi connectivity index (χ1n) is 3.48. The number of carbonyl (C=O) groups excluding carboxylic acids is 1. The van der Waals surface area contributed by atoms with Crippen LogP contribution in [0.3, 0.4) is 0 Å². The van der Waals surface area contributed by atoms with Crippen molar-refractivity contribution in [2.75, 3.05) is 7.11 Å². The lowest BCUT2D eigenvalue weighted by atomic mass is 10.1. The van der Waals surface area contributed by atoms with Crippen LogP contribution >= 0.6 is 0 Å². The summed E-state index contributed by atoms with van der Waals surface area (Å²) in [5.41, 5.74) is 0.987. The Kier molecular flexibility index (Phi) is 2.43. The number of ether oxygens (including phenoxy) is 1. The molecule has 0 bridgehead atoms. The average Bonchev–Trinajstić information content (AvgIpc) is 2.08. The van der Waals surface area contributed by atoms with Crippen molar-refractivity contribution in [2.24, 2.45) is 0 Å². The van der Waals surface area contributed by atoms with Gasteiger partial charge in [0.15, 0.2) is 6.29 Å². The van der Waals surface area contributed by atoms with E-state index in [1.807, 2.05) is 0 Å². The Morgan fingerprint density at radius 2 is 2.17 bits per heavy atom. The number of methoxy groups -OCH3 is 1. The molecule has 1 aromatic rings. The van der Waals surface area contributed by atoms with Gasteiger partial charge < -0.3 is 4.74 Å². The molecule has 0 saturated carbocycles. The van der Waals surface area contributed by atoms with Crippen LogP contribution in [0.4, 0.5) is 4.39 Å². The van der Waals surface area contributed by atoms with Crippen molar-refractivity contribution in [1.82, 2.24) is 0 Å². The number of benzene rings is 1. The Bertz CT molecular complexity index is 308. The van der Waals surface area contributed by atoms with E-state index >= 15 is 0 Å². The third kappa shape index (κ3) is 1.44. The van der Waals surface area contributed by atoms with Gasteiger partial charge >= 0.3 is 0 Å². The monoisotopic (exact) mass is 168 g/mol. The highest BCUT2D eigenvalue weighted by Gasteiger charge is 2.06. The molecule has 12 heavy (non-hydrogen) atoms. The maximum atomic E-state index is 12.7. The van der Waals surface area contributed by atoms with Crippen molar-refractivity contribution in [3.63, 3.8) is 0 Å². The molecule has 0 heterocycles. The quantitative estimate of drug-likeness (QED) is 0.631. The minimum absolute atomic E-state index is 0.326. The first-order chi connectivity index (χ1) is 5.69. The Balaban J connectivity index is 3.31. The van der Waals surface area contributed by atoms with Gasteiger partial charge in [-0.1, -0.05) is 0 Å². The van der Waals surface area contributed by atoms with E-state index in [0.29, 0.717) is 23.2 Å². The molecule has 64 valence electrons. The summed E-state index contributed by atoms with van der Waals surface area (Å²) in [5, 5.41) is 0. The molecule has 0 radical (unpaired) electrons. The fourth-order valence-electron chi connectivity index (χ4n) is 1.01. The number of carbonyl (C=O) groups is 1. The molecule has 0 aliphatic heterocycles. The van der Waals surface area contributed by atoms with E-state index in [-0.39, 0.29) is 0 Å². The van der Waals surface area contributed by atoms with E-state index in [9.17, 15) is 9.18 Å². The molecule has 0 saturated heterocycles. The Morgan fingerprint density at radius 1 is 1.50 bits per heavy atom. The fourth-order valence-corrected chi connectivity index (χ4v) is 1.01. The van der Waals surface area contributed by atoms with E-state index in [2.05, 4.69) is 0 Å². The van der Waals surface area contributed by atoms with Crippen molar-refractivity contribution < 1.29 is 13.9 Å². The largest absolute Gasteiger partial charge is 0.496 e. The predicted octanol–water partition coefficient (Wildman–Crippen LogP) is 1.96. The fraction of sp³-hybridized carbons (Fsp3) is 0.222. The second-order valence-electron chi connectivity index (χ2n) is 2.44. The van der Waals surface area contributed by atoms with Gasteiger partial charge in [0.05, 0.1) is 7.11 Å². The molecule has 0 fully saturated rings. The first kappa shape index (κ1) is 8.71. The molecule has 0 N–H and O–H groups in total. The van der Waals surface area contributed by atoms with Gasteiger partial charge in [-0.2, -0.15) is 0 Å². The Labute approximate surface area is 70.0 Å². The van der Waals surface area contributed by atoms with Gasteiger partial charge in [-0.25, -0.2) is 4.39 Å². The van der Waals surface area contributed by atoms with Crippen LogP contribution in [0.5, 0.6) is 5.75 Å². The summed E-state index contributed by atoms with van der Waals surface area (Å²) in [6, 6.07) is 2.44. The zero-order chi connectivity index (χ0) is 9.14. The minimum Gasteiger partial charge on any atom is -0.496 e. The molecular weight excluding hydrogens is 159 g/mol. The summed E-state index contributed by atoms with van der Waals surface area (Å²) in [5.74, 6) is -0.0587. The molecule has 1 aromatic carbocycles. The smallest absolute Gasteiger partial charge is 0.150 e. The molecule has 0 aliphatic carbocycles. The number of aldehydes is 1. The van der Waals surface area contributed by atoms with Crippen LogP contribution in [0.25, 0.3) is 0 Å². The SMILES string of the molecule is COc1cc(F)cc(C=O)c1C. The maximum Gasteiger partial charge on any atom is 0.150 e. The maximum absolute atomic E-state index is 12.7. The van der Waals surface area contributed by atoms with Crippen LogP contribution in [0.1, 0.15) is 15.9 Å². The molecular formula is C9H9FO2. The lowest BCUT2D eigenvalue weighted by molar-refractivity contribution is 0.112. The van der Waals surface area contributed by atoms with Crippen LogP contribution < -0.4 is 4.74 Å². The molecule has 0 amide bonds. The summed E-state index contributed by atoms with van der Waals surface area (Å²) in [4.78, 5) is 10.4. The zero-order valence-corrected chi connectivity index (χ0v) is 6.93. The molecule has 0 aromatic heterocycles. The number of rotatable bonds is 2. The molecule has 0 unspecified atom stereocenters. The highest BCUT2D eigenvalue weighted by atomic mass is 19.1. The molecule has 2 nitrogen and oxygen atoms in total. The van der Waals surface area contributed by atoms with Crippen molar-refractivity contribution >= 4 is 6.29 Å². The first-order valence-corrected chi connectivity index (χ1v) is 3.48. The van der Waals surface area contributed by atoms with Crippen LogP contribution in [0.2, 0.25) is 0 Å². The van der Waals surface area contributed by atoms with Crippen LogP contribution in [-0.2, 0) is 0 Å². The number of halogens is 1. The van der Waals surface area contributed by atoms with Gasteiger partial charge in [-0.15, -0.1) is 0 Å².